The first-order valence-corrected chi connectivity index (χ1v) is 10.2. The van der Waals surface area contributed by atoms with Crippen LogP contribution in [0.5, 0.6) is 5.75 Å². The summed E-state index contributed by atoms with van der Waals surface area (Å²) in [6.45, 7) is 4.21. The quantitative estimate of drug-likeness (QED) is 0.390. The lowest BCUT2D eigenvalue weighted by molar-refractivity contribution is -0.118. The first-order chi connectivity index (χ1) is 15.0. The van der Waals surface area contributed by atoms with E-state index in [2.05, 4.69) is 24.1 Å². The maximum atomic E-state index is 14.0. The zero-order valence-corrected chi connectivity index (χ0v) is 17.4. The first-order valence-electron chi connectivity index (χ1n) is 10.2. The average molecular weight is 418 g/mol. The second-order valence-electron chi connectivity index (χ2n) is 7.40. The van der Waals surface area contributed by atoms with Gasteiger partial charge in [0.2, 0.25) is 5.89 Å². The number of rotatable bonds is 7. The van der Waals surface area contributed by atoms with Crippen LogP contribution in [-0.4, -0.2) is 17.5 Å². The van der Waals surface area contributed by atoms with E-state index in [-0.39, 0.29) is 24.0 Å². The molecule has 1 heterocycles. The molecule has 158 valence electrons. The molecule has 0 aliphatic rings. The Morgan fingerprint density at radius 2 is 1.90 bits per heavy atom. The molecule has 0 saturated carbocycles. The van der Waals surface area contributed by atoms with Crippen molar-refractivity contribution in [3.8, 4) is 17.2 Å². The van der Waals surface area contributed by atoms with Gasteiger partial charge in [0.05, 0.1) is 5.56 Å². The summed E-state index contributed by atoms with van der Waals surface area (Å²) in [5.74, 6) is 0.632. The Balaban J connectivity index is 1.40. The van der Waals surface area contributed by atoms with E-state index in [4.69, 9.17) is 9.15 Å². The fourth-order valence-electron chi connectivity index (χ4n) is 3.23. The summed E-state index contributed by atoms with van der Waals surface area (Å²) < 4.78 is 25.2. The fraction of sp³-hybridized carbons (Fsp3) is 0.200. The van der Waals surface area contributed by atoms with Gasteiger partial charge in [-0.05, 0) is 60.4 Å². The Morgan fingerprint density at radius 3 is 2.65 bits per heavy atom. The Kier molecular flexibility index (Phi) is 5.98. The molecule has 0 saturated heterocycles. The molecule has 0 bridgehead atoms. The monoisotopic (exact) mass is 418 g/mol. The van der Waals surface area contributed by atoms with Gasteiger partial charge in [-0.3, -0.25) is 4.79 Å². The third kappa shape index (κ3) is 4.74. The summed E-state index contributed by atoms with van der Waals surface area (Å²) in [5, 5.41) is 2.78. The second-order valence-corrected chi connectivity index (χ2v) is 7.40. The third-order valence-corrected chi connectivity index (χ3v) is 5.21. The molecule has 4 aromatic rings. The van der Waals surface area contributed by atoms with E-state index in [0.29, 0.717) is 28.5 Å². The van der Waals surface area contributed by atoms with Crippen molar-refractivity contribution in [1.29, 1.82) is 0 Å². The third-order valence-electron chi connectivity index (χ3n) is 5.21. The molecule has 4 rings (SSSR count). The molecule has 1 aromatic heterocycles. The molecule has 0 spiro atoms. The van der Waals surface area contributed by atoms with Gasteiger partial charge in [-0.2, -0.15) is 0 Å². The summed E-state index contributed by atoms with van der Waals surface area (Å²) >= 11 is 0. The Bertz CT molecular complexity index is 1200. The minimum Gasteiger partial charge on any atom is -0.484 e. The molecule has 0 fully saturated rings. The smallest absolute Gasteiger partial charge is 0.262 e. The van der Waals surface area contributed by atoms with E-state index in [1.807, 2.05) is 24.3 Å². The van der Waals surface area contributed by atoms with Crippen LogP contribution in [0.1, 0.15) is 31.7 Å². The van der Waals surface area contributed by atoms with Crippen LogP contribution in [0.2, 0.25) is 0 Å². The van der Waals surface area contributed by atoms with Crippen LogP contribution in [0.3, 0.4) is 0 Å². The van der Waals surface area contributed by atoms with Crippen molar-refractivity contribution < 1.29 is 18.3 Å². The number of carbonyl (C=O) groups excluding carboxylic acids is 1. The molecule has 1 atom stereocenters. The first kappa shape index (κ1) is 20.6. The molecule has 0 radical (unpaired) electrons. The largest absolute Gasteiger partial charge is 0.484 e. The van der Waals surface area contributed by atoms with Gasteiger partial charge < -0.3 is 14.5 Å². The summed E-state index contributed by atoms with van der Waals surface area (Å²) in [5.41, 5.74) is 3.13. The number of fused-ring (bicyclic) bond motifs is 1. The van der Waals surface area contributed by atoms with Crippen molar-refractivity contribution in [2.75, 3.05) is 11.9 Å². The van der Waals surface area contributed by atoms with Crippen LogP contribution in [0.25, 0.3) is 22.6 Å². The highest BCUT2D eigenvalue weighted by atomic mass is 19.1. The molecule has 0 aliphatic carbocycles. The van der Waals surface area contributed by atoms with Gasteiger partial charge in [-0.1, -0.05) is 38.1 Å². The van der Waals surface area contributed by atoms with Crippen molar-refractivity contribution in [3.05, 3.63) is 78.1 Å². The number of carbonyl (C=O) groups is 1. The van der Waals surface area contributed by atoms with Crippen molar-refractivity contribution in [3.63, 3.8) is 0 Å². The maximum Gasteiger partial charge on any atom is 0.262 e. The van der Waals surface area contributed by atoms with E-state index in [9.17, 15) is 9.18 Å². The molecule has 1 amide bonds. The average Bonchev–Trinajstić information content (AvgIpc) is 3.21. The number of benzene rings is 3. The standard InChI is InChI=1S/C25H23FN2O3/c1-3-16(2)17-8-11-19(12-9-17)30-15-24(29)27-18-10-13-23-22(14-18)28-25(31-23)20-6-4-5-7-21(20)26/h4-14,16H,3,15H2,1-2H3,(H,27,29). The van der Waals surface area contributed by atoms with Crippen LogP contribution in [-0.2, 0) is 4.79 Å². The minimum atomic E-state index is -0.406. The normalized spacial score (nSPS) is 12.0. The van der Waals surface area contributed by atoms with Gasteiger partial charge in [0, 0.05) is 5.69 Å². The van der Waals surface area contributed by atoms with Crippen LogP contribution in [0.15, 0.2) is 71.1 Å². The molecular weight excluding hydrogens is 395 g/mol. The molecular formula is C25H23FN2O3. The summed E-state index contributed by atoms with van der Waals surface area (Å²) in [4.78, 5) is 16.6. The molecule has 1 N–H and O–H groups in total. The fourth-order valence-corrected chi connectivity index (χ4v) is 3.23. The number of nitrogens with zero attached hydrogens (tertiary/aromatic N) is 1. The SMILES string of the molecule is CCC(C)c1ccc(OCC(=O)Nc2ccc3oc(-c4ccccc4F)nc3c2)cc1. The number of ether oxygens (including phenoxy) is 1. The lowest BCUT2D eigenvalue weighted by Crippen LogP contribution is -2.20. The Morgan fingerprint density at radius 1 is 1.13 bits per heavy atom. The van der Waals surface area contributed by atoms with E-state index >= 15 is 0 Å². The molecule has 3 aromatic carbocycles. The van der Waals surface area contributed by atoms with Crippen LogP contribution < -0.4 is 10.1 Å². The van der Waals surface area contributed by atoms with Gasteiger partial charge in [0.15, 0.2) is 12.2 Å². The number of hydrogen-bond donors (Lipinski definition) is 1. The van der Waals surface area contributed by atoms with Crippen molar-refractivity contribution in [2.24, 2.45) is 0 Å². The summed E-state index contributed by atoms with van der Waals surface area (Å²) in [7, 11) is 0. The van der Waals surface area contributed by atoms with E-state index in [1.54, 1.807) is 36.4 Å². The van der Waals surface area contributed by atoms with E-state index in [0.717, 1.165) is 6.42 Å². The van der Waals surface area contributed by atoms with Gasteiger partial charge in [-0.25, -0.2) is 9.37 Å². The number of hydrogen-bond acceptors (Lipinski definition) is 4. The topological polar surface area (TPSA) is 64.4 Å². The summed E-state index contributed by atoms with van der Waals surface area (Å²) in [6, 6.07) is 19.2. The highest BCUT2D eigenvalue weighted by Gasteiger charge is 2.13. The highest BCUT2D eigenvalue weighted by molar-refractivity contribution is 5.94. The number of halogens is 1. The molecule has 6 heteroatoms. The number of anilines is 1. The number of aromatic nitrogens is 1. The zero-order chi connectivity index (χ0) is 21.8. The molecule has 5 nitrogen and oxygen atoms in total. The second kappa shape index (κ2) is 9.00. The maximum absolute atomic E-state index is 14.0. The van der Waals surface area contributed by atoms with Gasteiger partial charge in [0.25, 0.3) is 5.91 Å². The van der Waals surface area contributed by atoms with Crippen LogP contribution in [0, 0.1) is 5.82 Å². The van der Waals surface area contributed by atoms with Crippen molar-refractivity contribution >= 4 is 22.7 Å². The number of oxazole rings is 1. The van der Waals surface area contributed by atoms with E-state index in [1.165, 1.54) is 11.6 Å². The molecule has 1 unspecified atom stereocenters. The minimum absolute atomic E-state index is 0.111. The molecule has 0 aliphatic heterocycles. The predicted molar refractivity (Wildman–Crippen MR) is 119 cm³/mol. The van der Waals surface area contributed by atoms with E-state index < -0.39 is 5.82 Å². The van der Waals surface area contributed by atoms with Gasteiger partial charge >= 0.3 is 0 Å². The number of amides is 1. The highest BCUT2D eigenvalue weighted by Crippen LogP contribution is 2.28. The van der Waals surface area contributed by atoms with Gasteiger partial charge in [-0.15, -0.1) is 0 Å². The van der Waals surface area contributed by atoms with Crippen molar-refractivity contribution in [1.82, 2.24) is 4.98 Å². The Hall–Kier alpha value is -3.67. The lowest BCUT2D eigenvalue weighted by atomic mass is 9.99. The lowest BCUT2D eigenvalue weighted by Gasteiger charge is -2.11. The Labute approximate surface area is 179 Å². The zero-order valence-electron chi connectivity index (χ0n) is 17.4. The van der Waals surface area contributed by atoms with Crippen molar-refractivity contribution in [2.45, 2.75) is 26.2 Å². The summed E-state index contributed by atoms with van der Waals surface area (Å²) in [6.07, 6.45) is 1.07. The molecule has 31 heavy (non-hydrogen) atoms. The van der Waals surface area contributed by atoms with Crippen LogP contribution in [0.4, 0.5) is 10.1 Å². The predicted octanol–water partition coefficient (Wildman–Crippen LogP) is 6.16. The van der Waals surface area contributed by atoms with Crippen LogP contribution >= 0.6 is 0 Å². The van der Waals surface area contributed by atoms with Gasteiger partial charge in [0.1, 0.15) is 17.1 Å². The number of nitrogens with one attached hydrogen (secondary N) is 1.